The molecule has 0 saturated heterocycles. The number of fused-ring (bicyclic) bond motifs is 1. The molecule has 0 atom stereocenters. The van der Waals surface area contributed by atoms with Gasteiger partial charge in [-0.2, -0.15) is 5.26 Å². The van der Waals surface area contributed by atoms with Gasteiger partial charge >= 0.3 is 0 Å². The van der Waals surface area contributed by atoms with Gasteiger partial charge < -0.3 is 14.6 Å². The van der Waals surface area contributed by atoms with Crippen LogP contribution < -0.4 is 10.1 Å². The van der Waals surface area contributed by atoms with E-state index >= 15 is 0 Å². The molecule has 1 fully saturated rings. The van der Waals surface area contributed by atoms with Gasteiger partial charge in [0.25, 0.3) is 5.91 Å². The maximum absolute atomic E-state index is 12.3. The van der Waals surface area contributed by atoms with E-state index in [2.05, 4.69) is 9.88 Å². The number of carbonyl (C=O) groups is 1. The fourth-order valence-electron chi connectivity index (χ4n) is 3.35. The molecule has 0 spiro atoms. The standard InChI is InChI=1S/C24H22ClN3O2/c25-21-7-2-4-9-23(21)30-13-5-12-28-16-18(20-6-1-3-8-22(20)28)14-17(15-26)24(29)27-19-10-11-19/h1-4,6-9,14,16,19H,5,10-13H2,(H,27,29)/b17-14+. The molecule has 0 unspecified atom stereocenters. The Morgan fingerprint density at radius 3 is 2.77 bits per heavy atom. The number of nitrogens with zero attached hydrogens (tertiary/aromatic N) is 2. The normalized spacial score (nSPS) is 13.8. The molecule has 1 aliphatic carbocycles. The molecule has 6 heteroatoms. The Morgan fingerprint density at radius 1 is 1.23 bits per heavy atom. The number of benzene rings is 2. The second-order valence-electron chi connectivity index (χ2n) is 7.34. The number of ether oxygens (including phenoxy) is 1. The van der Waals surface area contributed by atoms with Gasteiger partial charge in [-0.1, -0.05) is 41.9 Å². The largest absolute Gasteiger partial charge is 0.492 e. The van der Waals surface area contributed by atoms with Crippen molar-refractivity contribution in [2.75, 3.05) is 6.61 Å². The Balaban J connectivity index is 1.49. The minimum Gasteiger partial charge on any atom is -0.492 e. The van der Waals surface area contributed by atoms with Crippen molar-refractivity contribution in [1.29, 1.82) is 5.26 Å². The number of aryl methyl sites for hydroxylation is 1. The lowest BCUT2D eigenvalue weighted by Gasteiger charge is -2.09. The summed E-state index contributed by atoms with van der Waals surface area (Å²) in [6.45, 7) is 1.28. The Labute approximate surface area is 180 Å². The maximum atomic E-state index is 12.3. The van der Waals surface area contributed by atoms with Gasteiger partial charge in [-0.05, 0) is 43.5 Å². The summed E-state index contributed by atoms with van der Waals surface area (Å²) in [5.41, 5.74) is 2.05. The number of halogens is 1. The van der Waals surface area contributed by atoms with Crippen LogP contribution in [0.3, 0.4) is 0 Å². The van der Waals surface area contributed by atoms with Crippen LogP contribution in [0.4, 0.5) is 0 Å². The van der Waals surface area contributed by atoms with Gasteiger partial charge in [-0.3, -0.25) is 4.79 Å². The minimum atomic E-state index is -0.301. The highest BCUT2D eigenvalue weighted by Crippen LogP contribution is 2.26. The molecule has 3 aromatic rings. The molecule has 30 heavy (non-hydrogen) atoms. The summed E-state index contributed by atoms with van der Waals surface area (Å²) in [6.07, 6.45) is 6.43. The van der Waals surface area contributed by atoms with E-state index in [-0.39, 0.29) is 17.5 Å². The van der Waals surface area contributed by atoms with Crippen molar-refractivity contribution in [1.82, 2.24) is 9.88 Å². The average Bonchev–Trinajstić information content (AvgIpc) is 3.51. The quantitative estimate of drug-likeness (QED) is 0.319. The number of amides is 1. The van der Waals surface area contributed by atoms with E-state index in [1.165, 1.54) is 0 Å². The van der Waals surface area contributed by atoms with Crippen LogP contribution in [0.25, 0.3) is 17.0 Å². The Kier molecular flexibility index (Phi) is 6.06. The number of nitriles is 1. The van der Waals surface area contributed by atoms with E-state index in [0.29, 0.717) is 17.4 Å². The SMILES string of the molecule is N#C/C(=C\c1cn(CCCOc2ccccc2Cl)c2ccccc12)C(=O)NC1CC1. The summed E-state index contributed by atoms with van der Waals surface area (Å²) in [7, 11) is 0. The first kappa shape index (κ1) is 20.1. The number of hydrogen-bond acceptors (Lipinski definition) is 3. The van der Waals surface area contributed by atoms with Gasteiger partial charge in [0.2, 0.25) is 0 Å². The minimum absolute atomic E-state index is 0.131. The van der Waals surface area contributed by atoms with Crippen molar-refractivity contribution >= 4 is 34.5 Å². The third-order valence-electron chi connectivity index (χ3n) is 5.03. The lowest BCUT2D eigenvalue weighted by Crippen LogP contribution is -2.26. The van der Waals surface area contributed by atoms with Crippen molar-refractivity contribution in [3.8, 4) is 11.8 Å². The van der Waals surface area contributed by atoms with Gasteiger partial charge in [0.15, 0.2) is 0 Å². The third kappa shape index (κ3) is 4.67. The number of rotatable bonds is 8. The highest BCUT2D eigenvalue weighted by atomic mass is 35.5. The molecule has 1 heterocycles. The molecule has 1 aliphatic rings. The van der Waals surface area contributed by atoms with E-state index in [0.717, 1.165) is 42.3 Å². The number of para-hydroxylation sites is 2. The Hall–Kier alpha value is -3.23. The first-order valence-electron chi connectivity index (χ1n) is 10.0. The van der Waals surface area contributed by atoms with Crippen LogP contribution in [-0.4, -0.2) is 23.1 Å². The predicted octanol–water partition coefficient (Wildman–Crippen LogP) is 4.95. The average molecular weight is 420 g/mol. The van der Waals surface area contributed by atoms with Crippen molar-refractivity contribution in [3.05, 3.63) is 70.9 Å². The van der Waals surface area contributed by atoms with Crippen molar-refractivity contribution < 1.29 is 9.53 Å². The molecular weight excluding hydrogens is 398 g/mol. The maximum Gasteiger partial charge on any atom is 0.262 e. The lowest BCUT2D eigenvalue weighted by atomic mass is 10.1. The van der Waals surface area contributed by atoms with Crippen LogP contribution in [0.5, 0.6) is 5.75 Å². The summed E-state index contributed by atoms with van der Waals surface area (Å²) in [5, 5.41) is 14.0. The van der Waals surface area contributed by atoms with E-state index in [9.17, 15) is 10.1 Å². The van der Waals surface area contributed by atoms with Gasteiger partial charge in [-0.25, -0.2) is 0 Å². The van der Waals surface area contributed by atoms with Gasteiger partial charge in [0.1, 0.15) is 17.4 Å². The summed E-state index contributed by atoms with van der Waals surface area (Å²) in [5.74, 6) is 0.380. The molecule has 1 aromatic heterocycles. The summed E-state index contributed by atoms with van der Waals surface area (Å²) in [4.78, 5) is 12.3. The zero-order valence-electron chi connectivity index (χ0n) is 16.5. The van der Waals surface area contributed by atoms with Crippen molar-refractivity contribution in [2.24, 2.45) is 0 Å². The Morgan fingerprint density at radius 2 is 2.00 bits per heavy atom. The molecule has 4 rings (SSSR count). The van der Waals surface area contributed by atoms with Crippen LogP contribution in [0.2, 0.25) is 5.02 Å². The van der Waals surface area contributed by atoms with Crippen LogP contribution >= 0.6 is 11.6 Å². The first-order valence-corrected chi connectivity index (χ1v) is 10.4. The second kappa shape index (κ2) is 9.06. The lowest BCUT2D eigenvalue weighted by molar-refractivity contribution is -0.117. The smallest absolute Gasteiger partial charge is 0.262 e. The molecule has 2 aromatic carbocycles. The number of hydrogen-bond donors (Lipinski definition) is 1. The third-order valence-corrected chi connectivity index (χ3v) is 5.35. The highest BCUT2D eigenvalue weighted by molar-refractivity contribution is 6.32. The second-order valence-corrected chi connectivity index (χ2v) is 7.75. The number of nitrogens with one attached hydrogen (secondary N) is 1. The molecule has 1 amide bonds. The highest BCUT2D eigenvalue weighted by Gasteiger charge is 2.24. The fourth-order valence-corrected chi connectivity index (χ4v) is 3.54. The molecule has 0 aliphatic heterocycles. The number of aromatic nitrogens is 1. The van der Waals surface area contributed by atoms with Crippen LogP contribution in [0, 0.1) is 11.3 Å². The molecular formula is C24H22ClN3O2. The van der Waals surface area contributed by atoms with Crippen LogP contribution in [-0.2, 0) is 11.3 Å². The molecule has 0 bridgehead atoms. The van der Waals surface area contributed by atoms with Crippen LogP contribution in [0.15, 0.2) is 60.3 Å². The van der Waals surface area contributed by atoms with Crippen molar-refractivity contribution in [3.63, 3.8) is 0 Å². The zero-order chi connectivity index (χ0) is 20.9. The van der Waals surface area contributed by atoms with E-state index in [4.69, 9.17) is 16.3 Å². The number of carbonyl (C=O) groups excluding carboxylic acids is 1. The van der Waals surface area contributed by atoms with Crippen LogP contribution in [0.1, 0.15) is 24.8 Å². The monoisotopic (exact) mass is 419 g/mol. The molecule has 0 radical (unpaired) electrons. The van der Waals surface area contributed by atoms with E-state index in [1.54, 1.807) is 12.1 Å². The Bertz CT molecular complexity index is 1140. The summed E-state index contributed by atoms with van der Waals surface area (Å²) in [6, 6.07) is 17.7. The zero-order valence-corrected chi connectivity index (χ0v) is 17.2. The molecule has 1 saturated carbocycles. The molecule has 5 nitrogen and oxygen atoms in total. The summed E-state index contributed by atoms with van der Waals surface area (Å²) >= 11 is 6.13. The van der Waals surface area contributed by atoms with Gasteiger partial charge in [0, 0.05) is 35.2 Å². The first-order chi connectivity index (χ1) is 14.7. The predicted molar refractivity (Wildman–Crippen MR) is 118 cm³/mol. The van der Waals surface area contributed by atoms with Crippen molar-refractivity contribution in [2.45, 2.75) is 31.8 Å². The molecule has 152 valence electrons. The summed E-state index contributed by atoms with van der Waals surface area (Å²) < 4.78 is 7.91. The van der Waals surface area contributed by atoms with E-state index < -0.39 is 0 Å². The van der Waals surface area contributed by atoms with Gasteiger partial charge in [0.05, 0.1) is 11.6 Å². The fraction of sp³-hybridized carbons (Fsp3) is 0.250. The molecule has 1 N–H and O–H groups in total. The van der Waals surface area contributed by atoms with Gasteiger partial charge in [-0.15, -0.1) is 0 Å². The topological polar surface area (TPSA) is 67.0 Å². The van der Waals surface area contributed by atoms with E-state index in [1.807, 2.05) is 54.7 Å².